The molecule has 2 aromatic rings. The number of nitrogens with zero attached hydrogens (tertiary/aromatic N) is 2. The molecule has 2 rings (SSSR count). The first-order chi connectivity index (χ1) is 10.0. The summed E-state index contributed by atoms with van der Waals surface area (Å²) < 4.78 is 0.654. The first-order valence-corrected chi connectivity index (χ1v) is 7.58. The number of aromatic nitrogens is 2. The number of halogens is 3. The number of hydrogen-bond acceptors (Lipinski definition) is 4. The summed E-state index contributed by atoms with van der Waals surface area (Å²) in [5, 5.41) is 6.24. The molecule has 0 atom stereocenters. The molecular formula is C13H11BrCl2N4O. The fourth-order valence-corrected chi connectivity index (χ4v) is 2.37. The second-order valence-electron chi connectivity index (χ2n) is 4.00. The van der Waals surface area contributed by atoms with Gasteiger partial charge in [-0.25, -0.2) is 4.98 Å². The lowest BCUT2D eigenvalue weighted by atomic mass is 10.3. The van der Waals surface area contributed by atoms with Crippen LogP contribution in [0.4, 0.5) is 11.5 Å². The van der Waals surface area contributed by atoms with Crippen LogP contribution in [-0.4, -0.2) is 22.4 Å². The van der Waals surface area contributed by atoms with Crippen LogP contribution in [0.3, 0.4) is 0 Å². The minimum atomic E-state index is -0.414. The summed E-state index contributed by atoms with van der Waals surface area (Å²) in [5.74, 6) is 0.118. The van der Waals surface area contributed by atoms with Gasteiger partial charge in [0.15, 0.2) is 0 Å². The van der Waals surface area contributed by atoms with Gasteiger partial charge >= 0.3 is 0 Å². The monoisotopic (exact) mass is 388 g/mol. The highest BCUT2D eigenvalue weighted by Gasteiger charge is 2.14. The maximum absolute atomic E-state index is 12.2. The lowest BCUT2D eigenvalue weighted by Gasteiger charge is -2.09. The fraction of sp³-hybridized carbons (Fsp3) is 0.154. The maximum Gasteiger partial charge on any atom is 0.275 e. The Labute approximate surface area is 140 Å². The van der Waals surface area contributed by atoms with Crippen molar-refractivity contribution in [2.45, 2.75) is 6.92 Å². The summed E-state index contributed by atoms with van der Waals surface area (Å²) in [7, 11) is 0. The van der Waals surface area contributed by atoms with Crippen molar-refractivity contribution in [3.63, 3.8) is 0 Å². The number of nitrogens with one attached hydrogen (secondary N) is 2. The minimum absolute atomic E-state index is 0.184. The Kier molecular flexibility index (Phi) is 5.39. The third-order valence-corrected chi connectivity index (χ3v) is 4.28. The van der Waals surface area contributed by atoms with E-state index in [2.05, 4.69) is 36.5 Å². The molecular weight excluding hydrogens is 379 g/mol. The van der Waals surface area contributed by atoms with Crippen LogP contribution in [-0.2, 0) is 0 Å². The summed E-state index contributed by atoms with van der Waals surface area (Å²) in [6.07, 6.45) is 2.92. The number of carbonyl (C=O) groups is 1. The number of carbonyl (C=O) groups excluding carboxylic acids is 1. The van der Waals surface area contributed by atoms with Crippen LogP contribution in [0.25, 0.3) is 0 Å². The predicted molar refractivity (Wildman–Crippen MR) is 88.3 cm³/mol. The highest BCUT2D eigenvalue weighted by molar-refractivity contribution is 9.10. The molecule has 0 aliphatic carbocycles. The van der Waals surface area contributed by atoms with E-state index in [9.17, 15) is 4.79 Å². The zero-order chi connectivity index (χ0) is 15.4. The van der Waals surface area contributed by atoms with E-state index >= 15 is 0 Å². The first-order valence-electron chi connectivity index (χ1n) is 6.03. The molecule has 0 saturated heterocycles. The summed E-state index contributed by atoms with van der Waals surface area (Å²) in [4.78, 5) is 20.3. The van der Waals surface area contributed by atoms with Crippen molar-refractivity contribution in [2.24, 2.45) is 0 Å². The second-order valence-corrected chi connectivity index (χ2v) is 5.61. The summed E-state index contributed by atoms with van der Waals surface area (Å²) in [6, 6.07) is 3.35. The van der Waals surface area contributed by atoms with Crippen LogP contribution in [0.2, 0.25) is 10.0 Å². The van der Waals surface area contributed by atoms with Gasteiger partial charge in [0.1, 0.15) is 11.5 Å². The molecule has 1 amide bonds. The van der Waals surface area contributed by atoms with Gasteiger partial charge in [-0.15, -0.1) is 0 Å². The molecule has 110 valence electrons. The van der Waals surface area contributed by atoms with Crippen molar-refractivity contribution in [3.05, 3.63) is 44.7 Å². The molecule has 5 nitrogen and oxygen atoms in total. The van der Waals surface area contributed by atoms with E-state index in [0.717, 1.165) is 0 Å². The third-order valence-electron chi connectivity index (χ3n) is 2.51. The van der Waals surface area contributed by atoms with Crippen molar-refractivity contribution in [1.82, 2.24) is 9.97 Å². The SMILES string of the molecule is CCNc1cncc(C(=O)Nc2ccc(Br)c(Cl)c2Cl)n1. The quantitative estimate of drug-likeness (QED) is 0.767. The van der Waals surface area contributed by atoms with Crippen LogP contribution in [0, 0.1) is 0 Å². The molecule has 0 saturated carbocycles. The third kappa shape index (κ3) is 3.84. The molecule has 0 radical (unpaired) electrons. The van der Waals surface area contributed by atoms with E-state index in [1.165, 1.54) is 6.20 Å². The maximum atomic E-state index is 12.2. The normalized spacial score (nSPS) is 10.3. The van der Waals surface area contributed by atoms with E-state index < -0.39 is 5.91 Å². The summed E-state index contributed by atoms with van der Waals surface area (Å²) in [5.41, 5.74) is 0.592. The number of benzene rings is 1. The van der Waals surface area contributed by atoms with E-state index in [1.807, 2.05) is 6.92 Å². The van der Waals surface area contributed by atoms with Gasteiger partial charge in [0.05, 0.1) is 28.1 Å². The van der Waals surface area contributed by atoms with Crippen molar-refractivity contribution >= 4 is 56.5 Å². The van der Waals surface area contributed by atoms with Crippen molar-refractivity contribution < 1.29 is 4.79 Å². The fourth-order valence-electron chi connectivity index (χ4n) is 1.55. The molecule has 0 aliphatic heterocycles. The number of amides is 1. The molecule has 2 N–H and O–H groups in total. The summed E-state index contributed by atoms with van der Waals surface area (Å²) in [6.45, 7) is 2.62. The standard InChI is InChI=1S/C13H11BrCl2N4O/c1-2-18-10-6-17-5-9(19-10)13(21)20-8-4-3-7(14)11(15)12(8)16/h3-6H,2H2,1H3,(H,18,19)(H,20,21). The highest BCUT2D eigenvalue weighted by atomic mass is 79.9. The van der Waals surface area contributed by atoms with Crippen molar-refractivity contribution in [2.75, 3.05) is 17.2 Å². The lowest BCUT2D eigenvalue weighted by molar-refractivity contribution is 0.102. The van der Waals surface area contributed by atoms with E-state index in [4.69, 9.17) is 23.2 Å². The van der Waals surface area contributed by atoms with Crippen molar-refractivity contribution in [3.8, 4) is 0 Å². The van der Waals surface area contributed by atoms with Gasteiger partial charge in [0.2, 0.25) is 0 Å². The van der Waals surface area contributed by atoms with Crippen LogP contribution in [0.1, 0.15) is 17.4 Å². The van der Waals surface area contributed by atoms with E-state index in [0.29, 0.717) is 27.5 Å². The number of hydrogen-bond donors (Lipinski definition) is 2. The Morgan fingerprint density at radius 3 is 2.76 bits per heavy atom. The average molecular weight is 390 g/mol. The Morgan fingerprint density at radius 2 is 2.05 bits per heavy atom. The predicted octanol–water partition coefficient (Wildman–Crippen LogP) is 4.23. The van der Waals surface area contributed by atoms with Gasteiger partial charge in [-0.05, 0) is 35.0 Å². The van der Waals surface area contributed by atoms with Crippen LogP contribution < -0.4 is 10.6 Å². The molecule has 1 aromatic carbocycles. The number of anilines is 2. The minimum Gasteiger partial charge on any atom is -0.369 e. The Balaban J connectivity index is 2.22. The molecule has 0 fully saturated rings. The van der Waals surface area contributed by atoms with Crippen LogP contribution >= 0.6 is 39.1 Å². The molecule has 1 heterocycles. The molecule has 0 bridgehead atoms. The molecule has 8 heteroatoms. The molecule has 0 aliphatic rings. The molecule has 1 aromatic heterocycles. The van der Waals surface area contributed by atoms with Crippen LogP contribution in [0.5, 0.6) is 0 Å². The van der Waals surface area contributed by atoms with Crippen molar-refractivity contribution in [1.29, 1.82) is 0 Å². The zero-order valence-electron chi connectivity index (χ0n) is 11.0. The lowest BCUT2D eigenvalue weighted by Crippen LogP contribution is -2.15. The van der Waals surface area contributed by atoms with Gasteiger partial charge in [-0.1, -0.05) is 23.2 Å². The molecule has 0 unspecified atom stereocenters. The van der Waals surface area contributed by atoms with Gasteiger partial charge < -0.3 is 10.6 Å². The van der Waals surface area contributed by atoms with Crippen LogP contribution in [0.15, 0.2) is 29.0 Å². The van der Waals surface area contributed by atoms with Gasteiger partial charge in [-0.2, -0.15) is 0 Å². The van der Waals surface area contributed by atoms with Gasteiger partial charge in [0, 0.05) is 11.0 Å². The summed E-state index contributed by atoms with van der Waals surface area (Å²) >= 11 is 15.4. The largest absolute Gasteiger partial charge is 0.369 e. The Hall–Kier alpha value is -1.37. The molecule has 21 heavy (non-hydrogen) atoms. The van der Waals surface area contributed by atoms with Gasteiger partial charge in [0.25, 0.3) is 5.91 Å². The Morgan fingerprint density at radius 1 is 1.29 bits per heavy atom. The second kappa shape index (κ2) is 7.06. The Bertz CT molecular complexity index is 681. The smallest absolute Gasteiger partial charge is 0.275 e. The first kappa shape index (κ1) is 16.0. The van der Waals surface area contributed by atoms with E-state index in [1.54, 1.807) is 18.3 Å². The molecule has 0 spiro atoms. The average Bonchev–Trinajstić information content (AvgIpc) is 2.48. The highest BCUT2D eigenvalue weighted by Crippen LogP contribution is 2.35. The van der Waals surface area contributed by atoms with E-state index in [-0.39, 0.29) is 10.7 Å². The zero-order valence-corrected chi connectivity index (χ0v) is 14.1. The number of rotatable bonds is 4. The topological polar surface area (TPSA) is 66.9 Å². The van der Waals surface area contributed by atoms with Gasteiger partial charge in [-0.3, -0.25) is 9.78 Å².